The molecule has 40 valence electrons. The minimum Gasteiger partial charge on any atom is -0.402 e. The summed E-state index contributed by atoms with van der Waals surface area (Å²) >= 11 is 0. The molecule has 3 nitrogen and oxygen atoms in total. The first-order valence-corrected chi connectivity index (χ1v) is 1.94. The lowest BCUT2D eigenvalue weighted by molar-refractivity contribution is -0.113. The summed E-state index contributed by atoms with van der Waals surface area (Å²) in [6, 6.07) is 0. The lowest BCUT2D eigenvalue weighted by Crippen LogP contribution is -2.44. The van der Waals surface area contributed by atoms with Crippen LogP contribution in [-0.2, 0) is 0 Å². The number of hydrogen-bond acceptors (Lipinski definition) is 1. The molecule has 0 amide bonds. The van der Waals surface area contributed by atoms with Gasteiger partial charge in [0.1, 0.15) is 0 Å². The van der Waals surface area contributed by atoms with Crippen molar-refractivity contribution in [3.63, 3.8) is 0 Å². The highest BCUT2D eigenvalue weighted by atomic mass is 14.7. The third-order valence-corrected chi connectivity index (χ3v) is 0.394. The molecule has 0 aromatic carbocycles. The first kappa shape index (κ1) is 6.01. The molecular weight excluding hydrogens is 90.1 g/mol. The van der Waals surface area contributed by atoms with Crippen molar-refractivity contribution in [2.75, 3.05) is 0 Å². The van der Waals surface area contributed by atoms with Crippen LogP contribution in [0.5, 0.6) is 0 Å². The van der Waals surface area contributed by atoms with Crippen LogP contribution in [0.25, 0.3) is 0 Å². The maximum Gasteiger partial charge on any atom is 0.264 e. The topological polar surface area (TPSA) is 77.6 Å². The van der Waals surface area contributed by atoms with Crippen LogP contribution in [0.3, 0.4) is 0 Å². The van der Waals surface area contributed by atoms with Crippen LogP contribution in [0.4, 0.5) is 0 Å². The Kier molecular flexibility index (Phi) is 1.91. The molecule has 0 heterocycles. The van der Waals surface area contributed by atoms with Gasteiger partial charge in [0.2, 0.25) is 0 Å². The smallest absolute Gasteiger partial charge is 0.264 e. The standard InChI is InChI=1S/C4H9N3/c1-3(5)2-4(6)7/h2H,5H2,1H3,(H3,6,7)/p+1. The van der Waals surface area contributed by atoms with Gasteiger partial charge in [0.25, 0.3) is 5.84 Å². The van der Waals surface area contributed by atoms with E-state index >= 15 is 0 Å². The number of allylic oxidation sites excluding steroid dienone is 1. The fraction of sp³-hybridized carbons (Fsp3) is 0.250. The van der Waals surface area contributed by atoms with Crippen LogP contribution in [0, 0.1) is 0 Å². The molecule has 7 heavy (non-hydrogen) atoms. The van der Waals surface area contributed by atoms with Crippen molar-refractivity contribution in [1.82, 2.24) is 0 Å². The van der Waals surface area contributed by atoms with Crippen LogP contribution < -0.4 is 16.9 Å². The predicted molar refractivity (Wildman–Crippen MR) is 29.1 cm³/mol. The average Bonchev–Trinajstić information content (AvgIpc) is 1.27. The molecule has 0 rings (SSSR count). The van der Waals surface area contributed by atoms with E-state index in [0.717, 1.165) is 0 Å². The van der Waals surface area contributed by atoms with Gasteiger partial charge in [-0.1, -0.05) is 0 Å². The Bertz CT molecular complexity index is 99.5. The number of nitrogens with two attached hydrogens (primary N) is 3. The van der Waals surface area contributed by atoms with Gasteiger partial charge in [-0.05, 0) is 6.92 Å². The lowest BCUT2D eigenvalue weighted by Gasteiger charge is -1.80. The Morgan fingerprint density at radius 1 is 1.57 bits per heavy atom. The second kappa shape index (κ2) is 2.23. The highest BCUT2D eigenvalue weighted by Gasteiger charge is 1.83. The molecule has 0 aliphatic carbocycles. The molecule has 0 saturated heterocycles. The van der Waals surface area contributed by atoms with Gasteiger partial charge in [0, 0.05) is 11.8 Å². The van der Waals surface area contributed by atoms with E-state index in [0.29, 0.717) is 5.70 Å². The Balaban J connectivity index is 3.68. The van der Waals surface area contributed by atoms with Crippen molar-refractivity contribution in [3.8, 4) is 0 Å². The van der Waals surface area contributed by atoms with E-state index in [1.807, 2.05) is 0 Å². The predicted octanol–water partition coefficient (Wildman–Crippen LogP) is -2.03. The van der Waals surface area contributed by atoms with Crippen LogP contribution in [0.15, 0.2) is 11.8 Å². The van der Waals surface area contributed by atoms with E-state index in [4.69, 9.17) is 16.9 Å². The molecule has 0 saturated carbocycles. The van der Waals surface area contributed by atoms with E-state index in [2.05, 4.69) is 0 Å². The zero-order valence-corrected chi connectivity index (χ0v) is 4.31. The van der Waals surface area contributed by atoms with E-state index in [9.17, 15) is 0 Å². The molecule has 0 aliphatic heterocycles. The van der Waals surface area contributed by atoms with Crippen molar-refractivity contribution in [3.05, 3.63) is 11.8 Å². The van der Waals surface area contributed by atoms with Crippen molar-refractivity contribution < 1.29 is 5.41 Å². The third kappa shape index (κ3) is 5.01. The Hall–Kier alpha value is -0.990. The first-order chi connectivity index (χ1) is 3.13. The number of amidine groups is 1. The normalized spacial score (nSPS) is 11.3. The summed E-state index contributed by atoms with van der Waals surface area (Å²) in [6.45, 7) is 1.72. The van der Waals surface area contributed by atoms with Gasteiger partial charge >= 0.3 is 0 Å². The number of hydrogen-bond donors (Lipinski definition) is 3. The number of rotatable bonds is 1. The Morgan fingerprint density at radius 2 is 2.00 bits per heavy atom. The zero-order valence-electron chi connectivity index (χ0n) is 4.31. The van der Waals surface area contributed by atoms with E-state index in [1.54, 1.807) is 6.92 Å². The van der Waals surface area contributed by atoms with E-state index in [1.165, 1.54) is 6.08 Å². The summed E-state index contributed by atoms with van der Waals surface area (Å²) in [4.78, 5) is 0. The summed E-state index contributed by atoms with van der Waals surface area (Å²) in [6.07, 6.45) is 1.50. The molecular formula is C4H10N3+. The van der Waals surface area contributed by atoms with Crippen molar-refractivity contribution >= 4 is 5.84 Å². The molecule has 6 N–H and O–H groups in total. The van der Waals surface area contributed by atoms with Crippen LogP contribution in [0.2, 0.25) is 0 Å². The largest absolute Gasteiger partial charge is 0.402 e. The van der Waals surface area contributed by atoms with Crippen molar-refractivity contribution in [1.29, 1.82) is 0 Å². The average molecular weight is 100 g/mol. The van der Waals surface area contributed by atoms with E-state index < -0.39 is 0 Å². The van der Waals surface area contributed by atoms with Gasteiger partial charge < -0.3 is 5.73 Å². The molecule has 0 unspecified atom stereocenters. The third-order valence-electron chi connectivity index (χ3n) is 0.394. The molecule has 0 radical (unpaired) electrons. The summed E-state index contributed by atoms with van der Waals surface area (Å²) in [5.41, 5.74) is 10.8. The molecule has 0 aromatic rings. The molecule has 0 atom stereocenters. The molecule has 0 aliphatic rings. The summed E-state index contributed by atoms with van der Waals surface area (Å²) in [5.74, 6) is 0.250. The zero-order chi connectivity index (χ0) is 5.86. The quantitative estimate of drug-likeness (QED) is 0.262. The van der Waals surface area contributed by atoms with Crippen molar-refractivity contribution in [2.45, 2.75) is 6.92 Å². The van der Waals surface area contributed by atoms with Crippen LogP contribution >= 0.6 is 0 Å². The Labute approximate surface area is 42.5 Å². The highest BCUT2D eigenvalue weighted by Crippen LogP contribution is 1.72. The van der Waals surface area contributed by atoms with Gasteiger partial charge in [-0.2, -0.15) is 0 Å². The molecule has 0 aromatic heterocycles. The fourth-order valence-corrected chi connectivity index (χ4v) is 0.263. The monoisotopic (exact) mass is 100 g/mol. The van der Waals surface area contributed by atoms with Gasteiger partial charge in [0.05, 0.1) is 0 Å². The molecule has 0 spiro atoms. The summed E-state index contributed by atoms with van der Waals surface area (Å²) in [5, 5.41) is 5.03. The molecule has 0 bridgehead atoms. The van der Waals surface area contributed by atoms with Crippen LogP contribution in [-0.4, -0.2) is 5.84 Å². The summed E-state index contributed by atoms with van der Waals surface area (Å²) in [7, 11) is 0. The van der Waals surface area contributed by atoms with Gasteiger partial charge in [0.15, 0.2) is 0 Å². The highest BCUT2D eigenvalue weighted by molar-refractivity contribution is 5.86. The molecule has 0 fully saturated rings. The second-order valence-corrected chi connectivity index (χ2v) is 1.39. The summed E-state index contributed by atoms with van der Waals surface area (Å²) < 4.78 is 0. The maximum absolute atomic E-state index is 5.17. The minimum absolute atomic E-state index is 0.250. The Morgan fingerprint density at radius 3 is 2.00 bits per heavy atom. The fourth-order valence-electron chi connectivity index (χ4n) is 0.263. The van der Waals surface area contributed by atoms with Crippen LogP contribution in [0.1, 0.15) is 6.92 Å². The van der Waals surface area contributed by atoms with Crippen molar-refractivity contribution in [2.24, 2.45) is 11.5 Å². The minimum atomic E-state index is 0.250. The van der Waals surface area contributed by atoms with Gasteiger partial charge in [-0.25, -0.2) is 0 Å². The SMILES string of the molecule is CC(N)=CC(N)=[NH2+]. The van der Waals surface area contributed by atoms with E-state index in [-0.39, 0.29) is 5.84 Å². The first-order valence-electron chi connectivity index (χ1n) is 1.94. The maximum atomic E-state index is 5.17. The van der Waals surface area contributed by atoms with Gasteiger partial charge in [-0.3, -0.25) is 11.1 Å². The second-order valence-electron chi connectivity index (χ2n) is 1.39. The lowest BCUT2D eigenvalue weighted by atomic mass is 10.4. The van der Waals surface area contributed by atoms with Gasteiger partial charge in [-0.15, -0.1) is 0 Å². The molecule has 3 heteroatoms.